The highest BCUT2D eigenvalue weighted by Crippen LogP contribution is 2.35. The van der Waals surface area contributed by atoms with Crippen molar-refractivity contribution in [1.29, 1.82) is 0 Å². The first-order valence-electron chi connectivity index (χ1n) is 4.21. The van der Waals surface area contributed by atoms with E-state index in [1.165, 1.54) is 6.92 Å². The maximum Gasteiger partial charge on any atom is 0.432 e. The van der Waals surface area contributed by atoms with Gasteiger partial charge >= 0.3 is 11.0 Å². The number of halogens is 3. The predicted octanol–water partition coefficient (Wildman–Crippen LogP) is 1.62. The molecular formula is C9H8F3NO2S. The summed E-state index contributed by atoms with van der Waals surface area (Å²) in [6.45, 7) is 0.706. The van der Waals surface area contributed by atoms with Crippen LogP contribution in [0.1, 0.15) is 23.6 Å². The van der Waals surface area contributed by atoms with Gasteiger partial charge in [-0.05, 0) is 6.92 Å². The number of hydrogen-bond donors (Lipinski definition) is 1. The molecular weight excluding hydrogens is 243 g/mol. The molecule has 1 aromatic rings. The van der Waals surface area contributed by atoms with Gasteiger partial charge in [-0.1, -0.05) is 17.3 Å². The minimum Gasteiger partial charge on any atom is -0.388 e. The number of aliphatic hydroxyl groups excluding tert-OH is 1. The number of thiazole rings is 1. The van der Waals surface area contributed by atoms with Gasteiger partial charge in [-0.2, -0.15) is 13.2 Å². The predicted molar refractivity (Wildman–Crippen MR) is 53.0 cm³/mol. The minimum absolute atomic E-state index is 0.358. The molecule has 0 aliphatic rings. The number of terminal acetylenes is 1. The zero-order valence-corrected chi connectivity index (χ0v) is 9.02. The van der Waals surface area contributed by atoms with Crippen LogP contribution in [0.4, 0.5) is 13.2 Å². The van der Waals surface area contributed by atoms with E-state index in [1.807, 2.05) is 5.92 Å². The van der Waals surface area contributed by atoms with Crippen molar-refractivity contribution in [1.82, 2.24) is 4.57 Å². The third kappa shape index (κ3) is 2.28. The molecule has 16 heavy (non-hydrogen) atoms. The van der Waals surface area contributed by atoms with E-state index in [0.29, 0.717) is 15.9 Å². The summed E-state index contributed by atoms with van der Waals surface area (Å²) in [4.78, 5) is 10.0. The fourth-order valence-electron chi connectivity index (χ4n) is 1.23. The first-order chi connectivity index (χ1) is 7.29. The summed E-state index contributed by atoms with van der Waals surface area (Å²) in [6, 6.07) is 0. The maximum atomic E-state index is 12.7. The molecule has 0 radical (unpaired) electrons. The highest BCUT2D eigenvalue weighted by atomic mass is 32.1. The largest absolute Gasteiger partial charge is 0.432 e. The molecule has 1 atom stereocenters. The lowest BCUT2D eigenvalue weighted by Gasteiger charge is -2.12. The van der Waals surface area contributed by atoms with Gasteiger partial charge in [0.2, 0.25) is 0 Å². The van der Waals surface area contributed by atoms with E-state index >= 15 is 0 Å². The van der Waals surface area contributed by atoms with Gasteiger partial charge in [0, 0.05) is 0 Å². The van der Waals surface area contributed by atoms with Crippen LogP contribution in [0.25, 0.3) is 0 Å². The summed E-state index contributed by atoms with van der Waals surface area (Å²) in [6.07, 6.45) is -1.17. The lowest BCUT2D eigenvalue weighted by atomic mass is 10.2. The molecule has 3 nitrogen and oxygen atoms in total. The van der Waals surface area contributed by atoms with Crippen molar-refractivity contribution in [2.75, 3.05) is 0 Å². The molecule has 0 spiro atoms. The monoisotopic (exact) mass is 251 g/mol. The molecule has 7 heteroatoms. The first kappa shape index (κ1) is 12.8. The van der Waals surface area contributed by atoms with Crippen LogP contribution >= 0.6 is 11.3 Å². The van der Waals surface area contributed by atoms with E-state index < -0.39 is 34.3 Å². The number of aromatic nitrogens is 1. The Labute approximate surface area is 93.1 Å². The Balaban J connectivity index is 3.51. The smallest absolute Gasteiger partial charge is 0.388 e. The van der Waals surface area contributed by atoms with E-state index in [9.17, 15) is 23.1 Å². The second kappa shape index (κ2) is 4.31. The molecule has 1 aromatic heterocycles. The lowest BCUT2D eigenvalue weighted by molar-refractivity contribution is -0.144. The van der Waals surface area contributed by atoms with E-state index in [-0.39, 0.29) is 0 Å². The fraction of sp³-hybridized carbons (Fsp3) is 0.444. The van der Waals surface area contributed by atoms with E-state index in [4.69, 9.17) is 6.42 Å². The molecule has 0 saturated carbocycles. The third-order valence-corrected chi connectivity index (χ3v) is 2.97. The molecule has 88 valence electrons. The molecule has 0 aromatic carbocycles. The molecule has 0 bridgehead atoms. The van der Waals surface area contributed by atoms with Crippen LogP contribution in [0.5, 0.6) is 0 Å². The standard InChI is InChI=1S/C9H8F3NO2S/c1-3-4-13-7(9(10,11)12)6(5(2)14)16-8(13)15/h1,5,14H,4H2,2H3. The molecule has 1 heterocycles. The van der Waals surface area contributed by atoms with Gasteiger partial charge in [0.1, 0.15) is 5.69 Å². The average molecular weight is 251 g/mol. The van der Waals surface area contributed by atoms with Crippen molar-refractivity contribution >= 4 is 11.3 Å². The van der Waals surface area contributed by atoms with Crippen molar-refractivity contribution < 1.29 is 18.3 Å². The average Bonchev–Trinajstić information content (AvgIpc) is 2.44. The maximum absolute atomic E-state index is 12.7. The number of aliphatic hydroxyl groups is 1. The van der Waals surface area contributed by atoms with Crippen LogP contribution in [0, 0.1) is 12.3 Å². The summed E-state index contributed by atoms with van der Waals surface area (Å²) in [5, 5.41) is 9.18. The molecule has 0 saturated heterocycles. The van der Waals surface area contributed by atoms with Crippen molar-refractivity contribution in [3.63, 3.8) is 0 Å². The van der Waals surface area contributed by atoms with Gasteiger partial charge in [-0.3, -0.25) is 9.36 Å². The Morgan fingerprint density at radius 2 is 2.19 bits per heavy atom. The summed E-state index contributed by atoms with van der Waals surface area (Å²) in [7, 11) is 0. The summed E-state index contributed by atoms with van der Waals surface area (Å²) < 4.78 is 38.5. The van der Waals surface area contributed by atoms with Crippen LogP contribution in [-0.2, 0) is 12.7 Å². The molecule has 1 N–H and O–H groups in total. The Morgan fingerprint density at radius 3 is 2.56 bits per heavy atom. The van der Waals surface area contributed by atoms with Crippen molar-refractivity contribution in [2.45, 2.75) is 25.7 Å². The van der Waals surface area contributed by atoms with Crippen LogP contribution in [-0.4, -0.2) is 9.67 Å². The van der Waals surface area contributed by atoms with Gasteiger partial charge in [0.25, 0.3) is 0 Å². The van der Waals surface area contributed by atoms with Crippen LogP contribution in [0.2, 0.25) is 0 Å². The van der Waals surface area contributed by atoms with Crippen LogP contribution in [0.3, 0.4) is 0 Å². The Hall–Kier alpha value is -1.26. The number of nitrogens with zero attached hydrogens (tertiary/aromatic N) is 1. The van der Waals surface area contributed by atoms with Crippen molar-refractivity contribution in [3.05, 3.63) is 20.2 Å². The van der Waals surface area contributed by atoms with Gasteiger partial charge in [0.15, 0.2) is 0 Å². The summed E-state index contributed by atoms with van der Waals surface area (Å²) in [5.74, 6) is 1.98. The molecule has 1 rings (SSSR count). The number of hydrogen-bond acceptors (Lipinski definition) is 3. The highest BCUT2D eigenvalue weighted by Gasteiger charge is 2.40. The van der Waals surface area contributed by atoms with Crippen LogP contribution in [0.15, 0.2) is 4.79 Å². The fourth-order valence-corrected chi connectivity index (χ4v) is 2.18. The zero-order valence-electron chi connectivity index (χ0n) is 8.21. The third-order valence-electron chi connectivity index (χ3n) is 1.82. The Bertz CT molecular complexity index is 478. The minimum atomic E-state index is -4.71. The quantitative estimate of drug-likeness (QED) is 0.811. The number of rotatable bonds is 2. The molecule has 0 fully saturated rings. The van der Waals surface area contributed by atoms with E-state index in [1.54, 1.807) is 0 Å². The van der Waals surface area contributed by atoms with E-state index in [0.717, 1.165) is 0 Å². The van der Waals surface area contributed by atoms with Crippen molar-refractivity contribution in [3.8, 4) is 12.3 Å². The van der Waals surface area contributed by atoms with Gasteiger partial charge in [-0.15, -0.1) is 6.42 Å². The van der Waals surface area contributed by atoms with E-state index in [2.05, 4.69) is 0 Å². The zero-order chi connectivity index (χ0) is 12.5. The second-order valence-electron chi connectivity index (χ2n) is 3.04. The molecule has 1 unspecified atom stereocenters. The van der Waals surface area contributed by atoms with Gasteiger partial charge in [-0.25, -0.2) is 0 Å². The first-order valence-corrected chi connectivity index (χ1v) is 5.03. The van der Waals surface area contributed by atoms with Crippen molar-refractivity contribution in [2.24, 2.45) is 0 Å². The Kier molecular flexibility index (Phi) is 3.45. The van der Waals surface area contributed by atoms with Gasteiger partial charge in [0.05, 0.1) is 17.5 Å². The lowest BCUT2D eigenvalue weighted by Crippen LogP contribution is -2.22. The normalized spacial score (nSPS) is 13.5. The molecule has 0 aliphatic carbocycles. The topological polar surface area (TPSA) is 42.2 Å². The van der Waals surface area contributed by atoms with Gasteiger partial charge < -0.3 is 5.11 Å². The molecule has 0 aliphatic heterocycles. The Morgan fingerprint density at radius 1 is 1.62 bits per heavy atom. The van der Waals surface area contributed by atoms with Crippen LogP contribution < -0.4 is 4.87 Å². The molecule has 0 amide bonds. The second-order valence-corrected chi connectivity index (χ2v) is 4.04. The number of alkyl halides is 3. The summed E-state index contributed by atoms with van der Waals surface area (Å²) >= 11 is 0.358. The summed E-state index contributed by atoms with van der Waals surface area (Å²) in [5.41, 5.74) is -1.16. The highest BCUT2D eigenvalue weighted by molar-refractivity contribution is 7.09. The SMILES string of the molecule is C#CCn1c(C(F)(F)F)c(C(C)O)sc1=O.